The molecule has 20 heavy (non-hydrogen) atoms. The van der Waals surface area contributed by atoms with E-state index >= 15 is 0 Å². The fourth-order valence-electron chi connectivity index (χ4n) is 2.13. The van der Waals surface area contributed by atoms with Crippen LogP contribution >= 0.6 is 11.6 Å². The van der Waals surface area contributed by atoms with Gasteiger partial charge in [0.15, 0.2) is 0 Å². The molecule has 1 aromatic carbocycles. The molecule has 0 aliphatic rings. The van der Waals surface area contributed by atoms with Gasteiger partial charge in [0.2, 0.25) is 0 Å². The second-order valence-corrected chi connectivity index (χ2v) is 5.67. The Bertz CT molecular complexity index is 537. The molecule has 0 aliphatic carbocycles. The highest BCUT2D eigenvalue weighted by Gasteiger charge is 2.12. The zero-order valence-electron chi connectivity index (χ0n) is 12.2. The molecule has 2 rings (SSSR count). The maximum absolute atomic E-state index is 6.35. The van der Waals surface area contributed by atoms with Crippen molar-refractivity contribution in [3.8, 4) is 0 Å². The molecule has 0 fully saturated rings. The number of furan rings is 1. The molecule has 0 bridgehead atoms. The number of hydrogen-bond acceptors (Lipinski definition) is 3. The van der Waals surface area contributed by atoms with Crippen LogP contribution in [0.3, 0.4) is 0 Å². The van der Waals surface area contributed by atoms with Crippen LogP contribution in [0.5, 0.6) is 0 Å². The van der Waals surface area contributed by atoms with Crippen molar-refractivity contribution in [1.82, 2.24) is 5.32 Å². The predicted molar refractivity (Wildman–Crippen MR) is 84.2 cm³/mol. The van der Waals surface area contributed by atoms with Gasteiger partial charge in [-0.2, -0.15) is 0 Å². The minimum absolute atomic E-state index is 0.429. The van der Waals surface area contributed by atoms with Crippen LogP contribution in [-0.4, -0.2) is 13.1 Å². The maximum Gasteiger partial charge on any atom is 0.0952 e. The topological polar surface area (TPSA) is 28.4 Å². The number of nitrogens with one attached hydrogen (secondary N) is 1. The summed E-state index contributed by atoms with van der Waals surface area (Å²) in [5.74, 6) is 0. The van der Waals surface area contributed by atoms with Gasteiger partial charge in [-0.1, -0.05) is 31.5 Å². The van der Waals surface area contributed by atoms with Crippen molar-refractivity contribution in [2.24, 2.45) is 0 Å². The van der Waals surface area contributed by atoms with Gasteiger partial charge in [-0.15, -0.1) is 0 Å². The molecular weight excluding hydrogens is 272 g/mol. The van der Waals surface area contributed by atoms with Crippen molar-refractivity contribution in [2.45, 2.75) is 33.0 Å². The lowest BCUT2D eigenvalue weighted by Gasteiger charge is -2.23. The third-order valence-electron chi connectivity index (χ3n) is 3.19. The Hall–Kier alpha value is -1.45. The van der Waals surface area contributed by atoms with Crippen LogP contribution in [0.4, 0.5) is 5.69 Å². The molecule has 0 saturated carbocycles. The van der Waals surface area contributed by atoms with E-state index in [1.165, 1.54) is 0 Å². The molecular formula is C16H21ClN2O. The average Bonchev–Trinajstić information content (AvgIpc) is 2.89. The first kappa shape index (κ1) is 14.9. The van der Waals surface area contributed by atoms with Gasteiger partial charge in [0.05, 0.1) is 12.5 Å². The van der Waals surface area contributed by atoms with Gasteiger partial charge in [0.1, 0.15) is 0 Å². The number of rotatable bonds is 6. The van der Waals surface area contributed by atoms with Crippen LogP contribution in [0.25, 0.3) is 0 Å². The molecule has 1 aromatic heterocycles. The van der Waals surface area contributed by atoms with E-state index in [9.17, 15) is 0 Å². The molecule has 3 nitrogen and oxygen atoms in total. The van der Waals surface area contributed by atoms with E-state index in [0.717, 1.165) is 34.9 Å². The molecule has 0 saturated heterocycles. The Labute approximate surface area is 125 Å². The molecule has 0 aliphatic heterocycles. The van der Waals surface area contributed by atoms with Crippen LogP contribution in [0.2, 0.25) is 5.02 Å². The van der Waals surface area contributed by atoms with Crippen molar-refractivity contribution in [3.63, 3.8) is 0 Å². The van der Waals surface area contributed by atoms with Crippen LogP contribution in [0.1, 0.15) is 25.0 Å². The zero-order valence-corrected chi connectivity index (χ0v) is 12.9. The fourth-order valence-corrected chi connectivity index (χ4v) is 2.36. The Morgan fingerprint density at radius 1 is 1.30 bits per heavy atom. The molecule has 4 heteroatoms. The van der Waals surface area contributed by atoms with Crippen molar-refractivity contribution >= 4 is 17.3 Å². The van der Waals surface area contributed by atoms with Gasteiger partial charge in [-0.05, 0) is 18.2 Å². The molecule has 1 N–H and O–H groups in total. The second-order valence-electron chi connectivity index (χ2n) is 5.26. The summed E-state index contributed by atoms with van der Waals surface area (Å²) in [6.45, 7) is 5.82. The monoisotopic (exact) mass is 292 g/mol. The van der Waals surface area contributed by atoms with E-state index in [1.807, 2.05) is 18.2 Å². The molecule has 108 valence electrons. The van der Waals surface area contributed by atoms with Gasteiger partial charge in [0, 0.05) is 48.0 Å². The van der Waals surface area contributed by atoms with Crippen molar-refractivity contribution in [2.75, 3.05) is 11.9 Å². The van der Waals surface area contributed by atoms with E-state index < -0.39 is 0 Å². The highest BCUT2D eigenvalue weighted by Crippen LogP contribution is 2.28. The largest absolute Gasteiger partial charge is 0.472 e. The summed E-state index contributed by atoms with van der Waals surface area (Å²) in [6.07, 6.45) is 3.47. The summed E-state index contributed by atoms with van der Waals surface area (Å²) >= 11 is 6.35. The SMILES string of the molecule is CC(C)NCc1c(Cl)cccc1N(C)Cc1ccoc1. The molecule has 0 atom stereocenters. The number of benzene rings is 1. The summed E-state index contributed by atoms with van der Waals surface area (Å²) < 4.78 is 5.12. The Morgan fingerprint density at radius 2 is 2.10 bits per heavy atom. The fraction of sp³-hybridized carbons (Fsp3) is 0.375. The Morgan fingerprint density at radius 3 is 2.75 bits per heavy atom. The van der Waals surface area contributed by atoms with E-state index in [-0.39, 0.29) is 0 Å². The molecule has 2 aromatic rings. The minimum atomic E-state index is 0.429. The smallest absolute Gasteiger partial charge is 0.0952 e. The Balaban J connectivity index is 2.19. The molecule has 0 spiro atoms. The van der Waals surface area contributed by atoms with Crippen LogP contribution < -0.4 is 10.2 Å². The molecule has 0 amide bonds. The normalized spacial score (nSPS) is 11.1. The second kappa shape index (κ2) is 6.82. The molecule has 0 radical (unpaired) electrons. The van der Waals surface area contributed by atoms with Crippen LogP contribution in [0, 0.1) is 0 Å². The average molecular weight is 293 g/mol. The van der Waals surface area contributed by atoms with Gasteiger partial charge >= 0.3 is 0 Å². The lowest BCUT2D eigenvalue weighted by atomic mass is 10.1. The zero-order chi connectivity index (χ0) is 14.5. The molecule has 1 heterocycles. The van der Waals surface area contributed by atoms with Gasteiger partial charge < -0.3 is 14.6 Å². The lowest BCUT2D eigenvalue weighted by Crippen LogP contribution is -2.24. The first-order valence-corrected chi connectivity index (χ1v) is 7.18. The number of nitrogens with zero attached hydrogens (tertiary/aromatic N) is 1. The summed E-state index contributed by atoms with van der Waals surface area (Å²) in [6, 6.07) is 8.44. The number of anilines is 1. The summed E-state index contributed by atoms with van der Waals surface area (Å²) in [4.78, 5) is 2.19. The summed E-state index contributed by atoms with van der Waals surface area (Å²) in [5.41, 5.74) is 3.43. The third-order valence-corrected chi connectivity index (χ3v) is 3.55. The minimum Gasteiger partial charge on any atom is -0.472 e. The van der Waals surface area contributed by atoms with Crippen molar-refractivity contribution in [3.05, 3.63) is 52.9 Å². The highest BCUT2D eigenvalue weighted by atomic mass is 35.5. The number of halogens is 1. The van der Waals surface area contributed by atoms with Crippen molar-refractivity contribution < 1.29 is 4.42 Å². The van der Waals surface area contributed by atoms with Gasteiger partial charge in [-0.3, -0.25) is 0 Å². The van der Waals surface area contributed by atoms with Crippen LogP contribution in [-0.2, 0) is 13.1 Å². The predicted octanol–water partition coefficient (Wildman–Crippen LogP) is 4.07. The van der Waals surface area contributed by atoms with E-state index in [0.29, 0.717) is 6.04 Å². The van der Waals surface area contributed by atoms with Gasteiger partial charge in [0.25, 0.3) is 0 Å². The van der Waals surface area contributed by atoms with E-state index in [1.54, 1.807) is 12.5 Å². The quantitative estimate of drug-likeness (QED) is 0.870. The van der Waals surface area contributed by atoms with Crippen molar-refractivity contribution in [1.29, 1.82) is 0 Å². The summed E-state index contributed by atoms with van der Waals surface area (Å²) in [7, 11) is 2.07. The van der Waals surface area contributed by atoms with E-state index in [4.69, 9.17) is 16.0 Å². The summed E-state index contributed by atoms with van der Waals surface area (Å²) in [5, 5.41) is 4.23. The third kappa shape index (κ3) is 3.78. The van der Waals surface area contributed by atoms with Crippen LogP contribution in [0.15, 0.2) is 41.2 Å². The standard InChI is InChI=1S/C16H21ClN2O/c1-12(2)18-9-14-15(17)5-4-6-16(14)19(3)10-13-7-8-20-11-13/h4-8,11-12,18H,9-10H2,1-3H3. The Kier molecular flexibility index (Phi) is 5.10. The highest BCUT2D eigenvalue weighted by molar-refractivity contribution is 6.31. The maximum atomic E-state index is 6.35. The number of hydrogen-bond donors (Lipinski definition) is 1. The first-order chi connectivity index (χ1) is 9.58. The lowest BCUT2D eigenvalue weighted by molar-refractivity contribution is 0.563. The first-order valence-electron chi connectivity index (χ1n) is 6.81. The molecule has 0 unspecified atom stereocenters. The van der Waals surface area contributed by atoms with Gasteiger partial charge in [-0.25, -0.2) is 0 Å². The van der Waals surface area contributed by atoms with E-state index in [2.05, 4.69) is 37.2 Å².